The van der Waals surface area contributed by atoms with E-state index in [1.165, 1.54) is 19.3 Å². The van der Waals surface area contributed by atoms with Gasteiger partial charge in [0.15, 0.2) is 0 Å². The second kappa shape index (κ2) is 5.64. The average molecular weight is 227 g/mol. The second-order valence-corrected chi connectivity index (χ2v) is 5.00. The van der Waals surface area contributed by atoms with Gasteiger partial charge in [-0.05, 0) is 38.1 Å². The predicted octanol–water partition coefficient (Wildman–Crippen LogP) is 1.35. The SMILES string of the molecule is O=C(O)CC1CCN(CC2CCCCO2)C1. The molecule has 1 N–H and O–H groups in total. The highest BCUT2D eigenvalue weighted by molar-refractivity contribution is 5.67. The van der Waals surface area contributed by atoms with E-state index in [-0.39, 0.29) is 0 Å². The van der Waals surface area contributed by atoms with Gasteiger partial charge in [0, 0.05) is 26.1 Å². The van der Waals surface area contributed by atoms with Gasteiger partial charge in [0.25, 0.3) is 0 Å². The molecule has 0 aromatic heterocycles. The summed E-state index contributed by atoms with van der Waals surface area (Å²) in [5.41, 5.74) is 0. The van der Waals surface area contributed by atoms with Crippen molar-refractivity contribution < 1.29 is 14.6 Å². The van der Waals surface area contributed by atoms with Crippen LogP contribution in [0, 0.1) is 5.92 Å². The van der Waals surface area contributed by atoms with Crippen LogP contribution in [0.3, 0.4) is 0 Å². The zero-order chi connectivity index (χ0) is 11.4. The van der Waals surface area contributed by atoms with E-state index in [4.69, 9.17) is 9.84 Å². The molecule has 2 fully saturated rings. The number of carboxylic acids is 1. The molecule has 2 aliphatic heterocycles. The molecule has 4 nitrogen and oxygen atoms in total. The third-order valence-electron chi connectivity index (χ3n) is 3.57. The Morgan fingerprint density at radius 3 is 2.94 bits per heavy atom. The molecule has 0 bridgehead atoms. The highest BCUT2D eigenvalue weighted by atomic mass is 16.5. The van der Waals surface area contributed by atoms with E-state index < -0.39 is 5.97 Å². The Hall–Kier alpha value is -0.610. The normalized spacial score (nSPS) is 31.8. The maximum Gasteiger partial charge on any atom is 0.303 e. The first-order chi connectivity index (χ1) is 7.74. The first-order valence-corrected chi connectivity index (χ1v) is 6.30. The minimum atomic E-state index is -0.666. The fourth-order valence-corrected chi connectivity index (χ4v) is 2.73. The molecule has 2 rings (SSSR count). The molecule has 0 radical (unpaired) electrons. The Balaban J connectivity index is 1.69. The van der Waals surface area contributed by atoms with Gasteiger partial charge in [-0.3, -0.25) is 4.79 Å². The molecule has 2 atom stereocenters. The molecule has 0 saturated carbocycles. The summed E-state index contributed by atoms with van der Waals surface area (Å²) in [4.78, 5) is 13.0. The number of carbonyl (C=O) groups is 1. The van der Waals surface area contributed by atoms with Crippen molar-refractivity contribution in [2.75, 3.05) is 26.2 Å². The lowest BCUT2D eigenvalue weighted by Crippen LogP contribution is -2.34. The van der Waals surface area contributed by atoms with Gasteiger partial charge in [0.05, 0.1) is 6.10 Å². The van der Waals surface area contributed by atoms with Gasteiger partial charge in [0.1, 0.15) is 0 Å². The molecule has 0 spiro atoms. The summed E-state index contributed by atoms with van der Waals surface area (Å²) >= 11 is 0. The van der Waals surface area contributed by atoms with E-state index in [1.54, 1.807) is 0 Å². The number of nitrogens with zero attached hydrogens (tertiary/aromatic N) is 1. The quantitative estimate of drug-likeness (QED) is 0.787. The molecule has 92 valence electrons. The van der Waals surface area contributed by atoms with E-state index in [2.05, 4.69) is 4.90 Å². The molecular weight excluding hydrogens is 206 g/mol. The summed E-state index contributed by atoms with van der Waals surface area (Å²) in [5.74, 6) is -0.318. The highest BCUT2D eigenvalue weighted by Gasteiger charge is 2.26. The molecule has 4 heteroatoms. The first kappa shape index (κ1) is 11.9. The zero-order valence-corrected chi connectivity index (χ0v) is 9.73. The fraction of sp³-hybridized carbons (Fsp3) is 0.917. The monoisotopic (exact) mass is 227 g/mol. The van der Waals surface area contributed by atoms with Crippen LogP contribution in [-0.4, -0.2) is 48.3 Å². The lowest BCUT2D eigenvalue weighted by molar-refractivity contribution is -0.138. The van der Waals surface area contributed by atoms with Crippen LogP contribution in [0.1, 0.15) is 32.1 Å². The molecule has 2 aliphatic rings. The Labute approximate surface area is 96.6 Å². The van der Waals surface area contributed by atoms with E-state index in [9.17, 15) is 4.79 Å². The Bertz CT molecular complexity index is 238. The van der Waals surface area contributed by atoms with E-state index in [1.807, 2.05) is 0 Å². The lowest BCUT2D eigenvalue weighted by Gasteiger charge is -2.27. The van der Waals surface area contributed by atoms with Gasteiger partial charge in [-0.15, -0.1) is 0 Å². The summed E-state index contributed by atoms with van der Waals surface area (Å²) in [6, 6.07) is 0. The van der Waals surface area contributed by atoms with E-state index in [0.29, 0.717) is 18.4 Å². The van der Waals surface area contributed by atoms with Crippen LogP contribution in [0.2, 0.25) is 0 Å². The number of ether oxygens (including phenoxy) is 1. The standard InChI is InChI=1S/C12H21NO3/c14-12(15)7-10-4-5-13(8-10)9-11-3-1-2-6-16-11/h10-11H,1-9H2,(H,14,15). The third-order valence-corrected chi connectivity index (χ3v) is 3.57. The number of rotatable bonds is 4. The van der Waals surface area contributed by atoms with Crippen LogP contribution < -0.4 is 0 Å². The van der Waals surface area contributed by atoms with Crippen molar-refractivity contribution in [1.29, 1.82) is 0 Å². The van der Waals surface area contributed by atoms with Gasteiger partial charge in [-0.25, -0.2) is 0 Å². The third kappa shape index (κ3) is 3.46. The highest BCUT2D eigenvalue weighted by Crippen LogP contribution is 2.22. The van der Waals surface area contributed by atoms with E-state index in [0.717, 1.165) is 32.7 Å². The van der Waals surface area contributed by atoms with Crippen molar-refractivity contribution in [1.82, 2.24) is 4.90 Å². The topological polar surface area (TPSA) is 49.8 Å². The first-order valence-electron chi connectivity index (χ1n) is 6.30. The van der Waals surface area contributed by atoms with Crippen molar-refractivity contribution in [2.24, 2.45) is 5.92 Å². The summed E-state index contributed by atoms with van der Waals surface area (Å²) in [7, 11) is 0. The Kier molecular flexibility index (Phi) is 4.18. The van der Waals surface area contributed by atoms with Crippen LogP contribution in [0.25, 0.3) is 0 Å². The van der Waals surface area contributed by atoms with Crippen LogP contribution in [0.15, 0.2) is 0 Å². The van der Waals surface area contributed by atoms with Gasteiger partial charge in [-0.2, -0.15) is 0 Å². The smallest absolute Gasteiger partial charge is 0.303 e. The summed E-state index contributed by atoms with van der Waals surface area (Å²) in [6.45, 7) is 3.87. The Morgan fingerprint density at radius 2 is 2.25 bits per heavy atom. The maximum absolute atomic E-state index is 10.6. The van der Waals surface area contributed by atoms with E-state index >= 15 is 0 Å². The van der Waals surface area contributed by atoms with Gasteiger partial charge >= 0.3 is 5.97 Å². The number of hydrogen-bond acceptors (Lipinski definition) is 3. The van der Waals surface area contributed by atoms with Gasteiger partial charge in [0.2, 0.25) is 0 Å². The molecule has 0 aromatic rings. The van der Waals surface area contributed by atoms with Gasteiger partial charge < -0.3 is 14.7 Å². The zero-order valence-electron chi connectivity index (χ0n) is 9.73. The molecule has 0 aliphatic carbocycles. The lowest BCUT2D eigenvalue weighted by atomic mass is 10.1. The van der Waals surface area contributed by atoms with Crippen LogP contribution >= 0.6 is 0 Å². The van der Waals surface area contributed by atoms with Crippen molar-refractivity contribution in [2.45, 2.75) is 38.2 Å². The number of likely N-dealkylation sites (tertiary alicyclic amines) is 1. The fourth-order valence-electron chi connectivity index (χ4n) is 2.73. The molecule has 0 amide bonds. The largest absolute Gasteiger partial charge is 0.481 e. The molecule has 16 heavy (non-hydrogen) atoms. The van der Waals surface area contributed by atoms with Crippen molar-refractivity contribution in [3.05, 3.63) is 0 Å². The molecule has 2 saturated heterocycles. The second-order valence-electron chi connectivity index (χ2n) is 5.00. The minimum Gasteiger partial charge on any atom is -0.481 e. The molecule has 2 heterocycles. The Morgan fingerprint density at radius 1 is 1.38 bits per heavy atom. The van der Waals surface area contributed by atoms with Crippen LogP contribution in [-0.2, 0) is 9.53 Å². The summed E-state index contributed by atoms with van der Waals surface area (Å²) in [6.07, 6.45) is 5.37. The van der Waals surface area contributed by atoms with Gasteiger partial charge in [-0.1, -0.05) is 0 Å². The number of hydrogen-bond donors (Lipinski definition) is 1. The molecular formula is C12H21NO3. The summed E-state index contributed by atoms with van der Waals surface area (Å²) < 4.78 is 5.70. The average Bonchev–Trinajstić information content (AvgIpc) is 2.66. The van der Waals surface area contributed by atoms with Crippen LogP contribution in [0.5, 0.6) is 0 Å². The van der Waals surface area contributed by atoms with Crippen molar-refractivity contribution in [3.63, 3.8) is 0 Å². The summed E-state index contributed by atoms with van der Waals surface area (Å²) in [5, 5.41) is 8.74. The number of carboxylic acid groups (broad SMARTS) is 1. The number of aliphatic carboxylic acids is 1. The molecule has 0 aromatic carbocycles. The predicted molar refractivity (Wildman–Crippen MR) is 60.4 cm³/mol. The minimum absolute atomic E-state index is 0.321. The van der Waals surface area contributed by atoms with Crippen molar-refractivity contribution >= 4 is 5.97 Å². The van der Waals surface area contributed by atoms with Crippen molar-refractivity contribution in [3.8, 4) is 0 Å². The van der Waals surface area contributed by atoms with Crippen LogP contribution in [0.4, 0.5) is 0 Å². The maximum atomic E-state index is 10.6. The molecule has 2 unspecified atom stereocenters.